The first-order valence-corrected chi connectivity index (χ1v) is 3.68. The van der Waals surface area contributed by atoms with Gasteiger partial charge in [0.05, 0.1) is 5.60 Å². The van der Waals surface area contributed by atoms with Crippen LogP contribution in [0.4, 0.5) is 0 Å². The Labute approximate surface area is 57.1 Å². The molecule has 0 spiro atoms. The molecule has 9 heavy (non-hydrogen) atoms. The number of hydrogen-bond acceptors (Lipinski definition) is 1. The maximum Gasteiger partial charge on any atom is 0.0679 e. The fourth-order valence-electron chi connectivity index (χ4n) is 1.34. The van der Waals surface area contributed by atoms with Crippen LogP contribution in [-0.2, 0) is 0 Å². The highest BCUT2D eigenvalue weighted by Gasteiger charge is 2.30. The first-order chi connectivity index (χ1) is 4.13. The fraction of sp³-hybridized carbons (Fsp3) is 0.875. The molecule has 0 aromatic carbocycles. The van der Waals surface area contributed by atoms with Crippen molar-refractivity contribution in [1.82, 2.24) is 0 Å². The van der Waals surface area contributed by atoms with Crippen LogP contribution < -0.4 is 0 Å². The molecule has 0 bridgehead atoms. The second kappa shape index (κ2) is 2.30. The van der Waals surface area contributed by atoms with Crippen LogP contribution in [0.25, 0.3) is 0 Å². The van der Waals surface area contributed by atoms with E-state index in [1.54, 1.807) is 0 Å². The summed E-state index contributed by atoms with van der Waals surface area (Å²) in [5, 5.41) is 9.61. The standard InChI is InChI=1S/C8H15O/c1-7-5-3-4-6-8(7,2)9/h9H,3-6H2,1-2H3. The predicted molar refractivity (Wildman–Crippen MR) is 38.0 cm³/mol. The molecule has 1 N–H and O–H groups in total. The number of rotatable bonds is 0. The molecular formula is C8H15O. The van der Waals surface area contributed by atoms with Crippen molar-refractivity contribution in [3.63, 3.8) is 0 Å². The van der Waals surface area contributed by atoms with E-state index in [1.165, 1.54) is 18.8 Å². The van der Waals surface area contributed by atoms with Gasteiger partial charge >= 0.3 is 0 Å². The van der Waals surface area contributed by atoms with E-state index < -0.39 is 5.60 Å². The van der Waals surface area contributed by atoms with Crippen LogP contribution in [0.1, 0.15) is 39.5 Å². The highest BCUT2D eigenvalue weighted by molar-refractivity contribution is 5.04. The van der Waals surface area contributed by atoms with Crippen molar-refractivity contribution in [3.05, 3.63) is 5.92 Å². The van der Waals surface area contributed by atoms with E-state index in [-0.39, 0.29) is 0 Å². The minimum atomic E-state index is -0.446. The minimum absolute atomic E-state index is 0.446. The van der Waals surface area contributed by atoms with Crippen molar-refractivity contribution in [2.75, 3.05) is 0 Å². The summed E-state index contributed by atoms with van der Waals surface area (Å²) >= 11 is 0. The van der Waals surface area contributed by atoms with Crippen molar-refractivity contribution in [1.29, 1.82) is 0 Å². The molecule has 1 unspecified atom stereocenters. The molecule has 1 saturated carbocycles. The van der Waals surface area contributed by atoms with E-state index >= 15 is 0 Å². The van der Waals surface area contributed by atoms with Gasteiger partial charge in [0, 0.05) is 5.92 Å². The van der Waals surface area contributed by atoms with Gasteiger partial charge in [-0.25, -0.2) is 0 Å². The third kappa shape index (κ3) is 1.45. The molecule has 0 aromatic heterocycles. The first kappa shape index (κ1) is 7.07. The third-order valence-corrected chi connectivity index (χ3v) is 2.38. The van der Waals surface area contributed by atoms with E-state index in [0.29, 0.717) is 0 Å². The molecule has 53 valence electrons. The van der Waals surface area contributed by atoms with Crippen molar-refractivity contribution < 1.29 is 5.11 Å². The van der Waals surface area contributed by atoms with Gasteiger partial charge in [-0.05, 0) is 19.8 Å². The Bertz CT molecular complexity index is 96.7. The summed E-state index contributed by atoms with van der Waals surface area (Å²) in [6, 6.07) is 0. The van der Waals surface area contributed by atoms with Gasteiger partial charge in [-0.3, -0.25) is 0 Å². The molecule has 1 rings (SSSR count). The smallest absolute Gasteiger partial charge is 0.0679 e. The molecule has 0 amide bonds. The lowest BCUT2D eigenvalue weighted by molar-refractivity contribution is 0.0453. The lowest BCUT2D eigenvalue weighted by Gasteiger charge is -2.33. The van der Waals surface area contributed by atoms with Gasteiger partial charge in [0.15, 0.2) is 0 Å². The van der Waals surface area contributed by atoms with Crippen LogP contribution in [0.5, 0.6) is 0 Å². The topological polar surface area (TPSA) is 20.2 Å². The van der Waals surface area contributed by atoms with Crippen LogP contribution in [0.2, 0.25) is 0 Å². The van der Waals surface area contributed by atoms with E-state index in [1.807, 2.05) is 6.92 Å². The van der Waals surface area contributed by atoms with E-state index in [9.17, 15) is 5.11 Å². The van der Waals surface area contributed by atoms with Crippen molar-refractivity contribution in [2.45, 2.75) is 45.1 Å². The van der Waals surface area contributed by atoms with Gasteiger partial charge in [-0.2, -0.15) is 0 Å². The Balaban J connectivity index is 2.49. The van der Waals surface area contributed by atoms with Gasteiger partial charge in [0.25, 0.3) is 0 Å². The second-order valence-electron chi connectivity index (χ2n) is 3.26. The summed E-state index contributed by atoms with van der Waals surface area (Å²) in [7, 11) is 0. The number of aliphatic hydroxyl groups is 1. The maximum absolute atomic E-state index is 9.61. The molecule has 1 aliphatic rings. The van der Waals surface area contributed by atoms with Crippen molar-refractivity contribution >= 4 is 0 Å². The molecule has 0 aromatic rings. The summed E-state index contributed by atoms with van der Waals surface area (Å²) < 4.78 is 0. The average molecular weight is 127 g/mol. The zero-order valence-electron chi connectivity index (χ0n) is 6.28. The van der Waals surface area contributed by atoms with E-state index in [4.69, 9.17) is 0 Å². The normalized spacial score (nSPS) is 39.0. The van der Waals surface area contributed by atoms with Crippen molar-refractivity contribution in [2.24, 2.45) is 0 Å². The highest BCUT2D eigenvalue weighted by Crippen LogP contribution is 2.34. The molecule has 1 radical (unpaired) electrons. The van der Waals surface area contributed by atoms with Gasteiger partial charge in [-0.15, -0.1) is 0 Å². The molecule has 0 aliphatic heterocycles. The monoisotopic (exact) mass is 127 g/mol. The summed E-state index contributed by atoms with van der Waals surface area (Å²) in [5.74, 6) is 1.26. The third-order valence-electron chi connectivity index (χ3n) is 2.38. The van der Waals surface area contributed by atoms with Gasteiger partial charge in [0.1, 0.15) is 0 Å². The van der Waals surface area contributed by atoms with Crippen LogP contribution in [0.3, 0.4) is 0 Å². The lowest BCUT2D eigenvalue weighted by Crippen LogP contribution is -2.33. The Morgan fingerprint density at radius 1 is 1.44 bits per heavy atom. The van der Waals surface area contributed by atoms with Gasteiger partial charge < -0.3 is 5.11 Å². The van der Waals surface area contributed by atoms with E-state index in [0.717, 1.165) is 12.8 Å². The largest absolute Gasteiger partial charge is 0.390 e. The molecule has 1 heteroatoms. The SMILES string of the molecule is C[C]1CCCCC1(C)O. The van der Waals surface area contributed by atoms with Crippen LogP contribution in [0, 0.1) is 5.92 Å². The molecule has 0 heterocycles. The molecule has 0 saturated heterocycles. The lowest BCUT2D eigenvalue weighted by atomic mass is 9.78. The zero-order valence-corrected chi connectivity index (χ0v) is 6.28. The second-order valence-corrected chi connectivity index (χ2v) is 3.26. The summed E-state index contributed by atoms with van der Waals surface area (Å²) in [5.41, 5.74) is -0.446. The Morgan fingerprint density at radius 2 is 2.11 bits per heavy atom. The molecule has 1 aliphatic carbocycles. The summed E-state index contributed by atoms with van der Waals surface area (Å²) in [4.78, 5) is 0. The highest BCUT2D eigenvalue weighted by atomic mass is 16.3. The average Bonchev–Trinajstić information content (AvgIpc) is 1.77. The summed E-state index contributed by atoms with van der Waals surface area (Å²) in [6.07, 6.45) is 4.53. The first-order valence-electron chi connectivity index (χ1n) is 3.68. The van der Waals surface area contributed by atoms with Crippen LogP contribution in [-0.4, -0.2) is 10.7 Å². The zero-order chi connectivity index (χ0) is 6.91. The van der Waals surface area contributed by atoms with Gasteiger partial charge in [-0.1, -0.05) is 19.8 Å². The molecular weight excluding hydrogens is 112 g/mol. The predicted octanol–water partition coefficient (Wildman–Crippen LogP) is 1.91. The minimum Gasteiger partial charge on any atom is -0.390 e. The molecule has 1 nitrogen and oxygen atoms in total. The molecule has 1 fully saturated rings. The Hall–Kier alpha value is -0.0400. The maximum atomic E-state index is 9.61. The van der Waals surface area contributed by atoms with E-state index in [2.05, 4.69) is 6.92 Å². The van der Waals surface area contributed by atoms with Crippen LogP contribution >= 0.6 is 0 Å². The summed E-state index contributed by atoms with van der Waals surface area (Å²) in [6.45, 7) is 3.97. The number of hydrogen-bond donors (Lipinski definition) is 1. The van der Waals surface area contributed by atoms with Crippen LogP contribution in [0.15, 0.2) is 0 Å². The Kier molecular flexibility index (Phi) is 1.80. The van der Waals surface area contributed by atoms with Crippen molar-refractivity contribution in [3.8, 4) is 0 Å². The fourth-order valence-corrected chi connectivity index (χ4v) is 1.34. The molecule has 1 atom stereocenters. The van der Waals surface area contributed by atoms with Gasteiger partial charge in [0.2, 0.25) is 0 Å². The Morgan fingerprint density at radius 3 is 2.44 bits per heavy atom. The quantitative estimate of drug-likeness (QED) is 0.527.